The lowest BCUT2D eigenvalue weighted by Crippen LogP contribution is -2.21. The summed E-state index contributed by atoms with van der Waals surface area (Å²) in [5, 5.41) is 13.8. The molecule has 0 bridgehead atoms. The molecule has 196 valence electrons. The molecular formula is C27H35F2N3O4. The van der Waals surface area contributed by atoms with E-state index in [0.717, 1.165) is 12.1 Å². The molecule has 1 aromatic carbocycles. The molecule has 0 radical (unpaired) electrons. The van der Waals surface area contributed by atoms with Crippen LogP contribution in [0.5, 0.6) is 5.88 Å². The zero-order valence-corrected chi connectivity index (χ0v) is 22.0. The summed E-state index contributed by atoms with van der Waals surface area (Å²) in [6, 6.07) is 3.66. The Balaban J connectivity index is 0.00000109. The predicted molar refractivity (Wildman–Crippen MR) is 136 cm³/mol. The van der Waals surface area contributed by atoms with Crippen molar-refractivity contribution < 1.29 is 28.2 Å². The summed E-state index contributed by atoms with van der Waals surface area (Å²) in [6.07, 6.45) is 2.37. The Kier molecular flexibility index (Phi) is 10.5. The predicted octanol–water partition coefficient (Wildman–Crippen LogP) is 6.62. The van der Waals surface area contributed by atoms with Gasteiger partial charge in [-0.3, -0.25) is 4.68 Å². The van der Waals surface area contributed by atoms with Crippen molar-refractivity contribution in [2.45, 2.75) is 60.4 Å². The van der Waals surface area contributed by atoms with Gasteiger partial charge in [-0.15, -0.1) is 0 Å². The number of ether oxygens (including phenoxy) is 2. The maximum atomic E-state index is 15.4. The van der Waals surface area contributed by atoms with Crippen LogP contribution in [0.3, 0.4) is 0 Å². The minimum Gasteiger partial charge on any atom is -0.481 e. The van der Waals surface area contributed by atoms with Crippen LogP contribution in [0.1, 0.15) is 68.2 Å². The highest BCUT2D eigenvalue weighted by Gasteiger charge is 2.28. The third-order valence-electron chi connectivity index (χ3n) is 5.65. The van der Waals surface area contributed by atoms with Crippen LogP contribution in [0.4, 0.5) is 8.78 Å². The van der Waals surface area contributed by atoms with E-state index in [1.54, 1.807) is 19.9 Å². The van der Waals surface area contributed by atoms with E-state index in [-0.39, 0.29) is 34.3 Å². The first-order chi connectivity index (χ1) is 17.3. The number of aromatic carboxylic acids is 1. The molecule has 1 N–H and O–H groups in total. The SMILES string of the molecule is CC.CC.COc1nc(C)cc(C)c1-c1cc(F)c(-c2c(C(=O)O)cnn2C2CCOCC2)cc1F. The number of aryl methyl sites for hydroxylation is 2. The van der Waals surface area contributed by atoms with E-state index in [4.69, 9.17) is 9.47 Å². The standard InChI is InChI=1S/C23H23F2N3O4.2C2H6/c1-12-8-13(2)27-22(31-3)20(12)15-9-19(25)16(10-18(15)24)21-17(23(29)30)11-26-28(21)14-4-6-32-7-5-14;2*1-2/h8-11,14H,4-7H2,1-3H3,(H,29,30);2*1-2H3. The fourth-order valence-electron chi connectivity index (χ4n) is 4.19. The second-order valence-electron chi connectivity index (χ2n) is 7.78. The van der Waals surface area contributed by atoms with Crippen LogP contribution in [0, 0.1) is 25.5 Å². The lowest BCUT2D eigenvalue weighted by Gasteiger charge is -2.24. The molecule has 0 atom stereocenters. The van der Waals surface area contributed by atoms with Crippen molar-refractivity contribution in [3.8, 4) is 28.3 Å². The normalized spacial score (nSPS) is 13.2. The molecule has 0 saturated carbocycles. The average molecular weight is 504 g/mol. The van der Waals surface area contributed by atoms with Crippen molar-refractivity contribution in [2.24, 2.45) is 0 Å². The van der Waals surface area contributed by atoms with Gasteiger partial charge in [-0.05, 0) is 50.5 Å². The number of hydrogen-bond donors (Lipinski definition) is 1. The molecule has 4 rings (SSSR count). The quantitative estimate of drug-likeness (QED) is 0.421. The summed E-state index contributed by atoms with van der Waals surface area (Å²) < 4.78 is 42.9. The van der Waals surface area contributed by atoms with Gasteiger partial charge in [0.25, 0.3) is 0 Å². The number of benzene rings is 1. The smallest absolute Gasteiger partial charge is 0.339 e. The molecule has 3 heterocycles. The number of pyridine rings is 1. The number of methoxy groups -OCH3 is 1. The van der Waals surface area contributed by atoms with Crippen molar-refractivity contribution in [2.75, 3.05) is 20.3 Å². The maximum absolute atomic E-state index is 15.4. The lowest BCUT2D eigenvalue weighted by atomic mass is 9.97. The van der Waals surface area contributed by atoms with E-state index in [1.165, 1.54) is 18.0 Å². The van der Waals surface area contributed by atoms with Crippen LogP contribution >= 0.6 is 0 Å². The van der Waals surface area contributed by atoms with Gasteiger partial charge >= 0.3 is 5.97 Å². The van der Waals surface area contributed by atoms with Crippen molar-refractivity contribution >= 4 is 5.97 Å². The van der Waals surface area contributed by atoms with Gasteiger partial charge in [0, 0.05) is 35.6 Å². The minimum absolute atomic E-state index is 0.0119. The van der Waals surface area contributed by atoms with Gasteiger partial charge in [-0.2, -0.15) is 5.10 Å². The summed E-state index contributed by atoms with van der Waals surface area (Å²) in [6.45, 7) is 12.5. The van der Waals surface area contributed by atoms with Crippen molar-refractivity contribution in [1.82, 2.24) is 14.8 Å². The Morgan fingerprint density at radius 1 is 1.06 bits per heavy atom. The highest BCUT2D eigenvalue weighted by atomic mass is 19.1. The second-order valence-corrected chi connectivity index (χ2v) is 7.78. The van der Waals surface area contributed by atoms with Gasteiger partial charge in [0.1, 0.15) is 17.2 Å². The first-order valence-electron chi connectivity index (χ1n) is 12.2. The Hall–Kier alpha value is -3.33. The molecule has 1 aliphatic heterocycles. The summed E-state index contributed by atoms with van der Waals surface area (Å²) in [5.74, 6) is -2.56. The minimum atomic E-state index is -1.26. The molecule has 7 nitrogen and oxygen atoms in total. The molecule has 2 aromatic heterocycles. The Labute approximate surface area is 211 Å². The summed E-state index contributed by atoms with van der Waals surface area (Å²) in [7, 11) is 1.42. The largest absolute Gasteiger partial charge is 0.481 e. The number of carbonyl (C=O) groups is 1. The van der Waals surface area contributed by atoms with Gasteiger partial charge in [0.05, 0.1) is 25.0 Å². The maximum Gasteiger partial charge on any atom is 0.339 e. The van der Waals surface area contributed by atoms with E-state index >= 15 is 8.78 Å². The molecule has 9 heteroatoms. The van der Waals surface area contributed by atoms with E-state index in [1.807, 2.05) is 27.7 Å². The van der Waals surface area contributed by atoms with E-state index in [2.05, 4.69) is 10.1 Å². The highest BCUT2D eigenvalue weighted by molar-refractivity contribution is 5.95. The van der Waals surface area contributed by atoms with Gasteiger partial charge in [-0.1, -0.05) is 27.7 Å². The Bertz CT molecular complexity index is 1190. The van der Waals surface area contributed by atoms with Gasteiger partial charge < -0.3 is 14.6 Å². The summed E-state index contributed by atoms with van der Waals surface area (Å²) >= 11 is 0. The summed E-state index contributed by atoms with van der Waals surface area (Å²) in [4.78, 5) is 16.1. The first kappa shape index (κ1) is 28.9. The highest BCUT2D eigenvalue weighted by Crippen LogP contribution is 2.39. The van der Waals surface area contributed by atoms with Crippen LogP contribution < -0.4 is 4.74 Å². The molecule has 0 aliphatic carbocycles. The molecule has 0 spiro atoms. The fraction of sp³-hybridized carbons (Fsp3) is 0.444. The van der Waals surface area contributed by atoms with Crippen LogP contribution in [-0.4, -0.2) is 46.2 Å². The van der Waals surface area contributed by atoms with E-state index < -0.39 is 17.6 Å². The molecule has 3 aromatic rings. The summed E-state index contributed by atoms with van der Waals surface area (Å²) in [5.41, 5.74) is 1.39. The van der Waals surface area contributed by atoms with Crippen LogP contribution in [0.25, 0.3) is 22.4 Å². The molecule has 36 heavy (non-hydrogen) atoms. The number of nitrogens with zero attached hydrogens (tertiary/aromatic N) is 3. The zero-order valence-electron chi connectivity index (χ0n) is 22.0. The number of carboxylic acids is 1. The molecule has 1 aliphatic rings. The Morgan fingerprint density at radius 2 is 1.64 bits per heavy atom. The van der Waals surface area contributed by atoms with Crippen molar-refractivity contribution in [3.05, 3.63) is 52.9 Å². The third-order valence-corrected chi connectivity index (χ3v) is 5.65. The molecule has 1 saturated heterocycles. The zero-order chi connectivity index (χ0) is 27.0. The van der Waals surface area contributed by atoms with Gasteiger partial charge in [0.15, 0.2) is 0 Å². The van der Waals surface area contributed by atoms with E-state index in [0.29, 0.717) is 42.9 Å². The topological polar surface area (TPSA) is 86.5 Å². The van der Waals surface area contributed by atoms with Crippen LogP contribution in [-0.2, 0) is 4.74 Å². The number of rotatable bonds is 5. The second kappa shape index (κ2) is 13.1. The number of carboxylic acid groups (broad SMARTS) is 1. The van der Waals surface area contributed by atoms with Gasteiger partial charge in [0.2, 0.25) is 5.88 Å². The van der Waals surface area contributed by atoms with Crippen LogP contribution in [0.2, 0.25) is 0 Å². The van der Waals surface area contributed by atoms with Crippen molar-refractivity contribution in [1.29, 1.82) is 0 Å². The third kappa shape index (κ3) is 5.90. The molecule has 0 amide bonds. The fourth-order valence-corrected chi connectivity index (χ4v) is 4.19. The lowest BCUT2D eigenvalue weighted by molar-refractivity contribution is 0.0665. The number of hydrogen-bond acceptors (Lipinski definition) is 5. The monoisotopic (exact) mass is 503 g/mol. The van der Waals surface area contributed by atoms with Crippen molar-refractivity contribution in [3.63, 3.8) is 0 Å². The van der Waals surface area contributed by atoms with E-state index in [9.17, 15) is 9.90 Å². The molecular weight excluding hydrogens is 468 g/mol. The number of halogens is 2. The number of aromatic nitrogens is 3. The van der Waals surface area contributed by atoms with Gasteiger partial charge in [-0.25, -0.2) is 18.6 Å². The first-order valence-corrected chi connectivity index (χ1v) is 12.2. The average Bonchev–Trinajstić information content (AvgIpc) is 3.33. The Morgan fingerprint density at radius 3 is 2.22 bits per heavy atom. The molecule has 0 unspecified atom stereocenters. The van der Waals surface area contributed by atoms with Crippen LogP contribution in [0.15, 0.2) is 24.4 Å². The molecule has 1 fully saturated rings.